The van der Waals surface area contributed by atoms with E-state index in [1.165, 1.54) is 12.1 Å². The van der Waals surface area contributed by atoms with E-state index in [2.05, 4.69) is 20.4 Å². The average Bonchev–Trinajstić information content (AvgIpc) is 3.15. The zero-order chi connectivity index (χ0) is 26.3. The third kappa shape index (κ3) is 4.79. The number of halogens is 2. The molecule has 1 aliphatic heterocycles. The van der Waals surface area contributed by atoms with Gasteiger partial charge in [0.05, 0.1) is 16.2 Å². The van der Waals surface area contributed by atoms with Gasteiger partial charge in [0.25, 0.3) is 11.8 Å². The minimum Gasteiger partial charge on any atom is -0.347 e. The molecule has 10 heteroatoms. The number of aryl methyl sites for hydroxylation is 2. The Kier molecular flexibility index (Phi) is 6.64. The monoisotopic (exact) mass is 520 g/mol. The second-order valence-corrected chi connectivity index (χ2v) is 9.75. The minimum absolute atomic E-state index is 0.190. The Balaban J connectivity index is 1.43. The number of carbonyl (C=O) groups excluding carboxylic acids is 2. The van der Waals surface area contributed by atoms with Crippen molar-refractivity contribution in [2.24, 2.45) is 7.05 Å². The lowest BCUT2D eigenvalue weighted by Gasteiger charge is -2.39. The number of carbonyl (C=O) groups is 2. The molecule has 8 nitrogen and oxygen atoms in total. The summed E-state index contributed by atoms with van der Waals surface area (Å²) in [5.41, 5.74) is 4.44. The van der Waals surface area contributed by atoms with Gasteiger partial charge in [0.15, 0.2) is 0 Å². The normalized spacial score (nSPS) is 17.7. The van der Waals surface area contributed by atoms with Gasteiger partial charge in [0.1, 0.15) is 17.0 Å². The number of nitrogens with zero attached hydrogens (tertiary/aromatic N) is 5. The number of hydrogen-bond acceptors (Lipinski definition) is 5. The molecule has 2 aromatic carbocycles. The molecule has 1 saturated heterocycles. The molecule has 1 aliphatic rings. The van der Waals surface area contributed by atoms with E-state index in [-0.39, 0.29) is 29.6 Å². The Morgan fingerprint density at radius 1 is 1.11 bits per heavy atom. The summed E-state index contributed by atoms with van der Waals surface area (Å²) < 4.78 is 15.3. The molecule has 2 aromatic heterocycles. The Hall–Kier alpha value is -3.85. The van der Waals surface area contributed by atoms with Crippen molar-refractivity contribution in [1.29, 1.82) is 0 Å². The number of rotatable bonds is 4. The van der Waals surface area contributed by atoms with Crippen molar-refractivity contribution in [1.82, 2.24) is 30.0 Å². The molecule has 0 bridgehead atoms. The fourth-order valence-electron chi connectivity index (χ4n) is 5.01. The maximum Gasteiger partial charge on any atom is 0.270 e. The van der Waals surface area contributed by atoms with Gasteiger partial charge in [-0.05, 0) is 50.1 Å². The molecule has 1 fully saturated rings. The lowest BCUT2D eigenvalue weighted by atomic mass is 9.85. The molecule has 37 heavy (non-hydrogen) atoms. The number of fused-ring (bicyclic) bond motifs is 1. The van der Waals surface area contributed by atoms with Crippen molar-refractivity contribution in [3.05, 3.63) is 87.7 Å². The number of amides is 2. The van der Waals surface area contributed by atoms with E-state index in [9.17, 15) is 14.0 Å². The quantitative estimate of drug-likeness (QED) is 0.435. The Morgan fingerprint density at radius 2 is 1.84 bits per heavy atom. The van der Waals surface area contributed by atoms with Gasteiger partial charge in [0.2, 0.25) is 0 Å². The number of likely N-dealkylation sites (tertiary alicyclic amines) is 1. The van der Waals surface area contributed by atoms with Crippen LogP contribution in [0.2, 0.25) is 5.02 Å². The standard InChI is InChI=1S/C27H26ClFN6O2/c1-15-16(2)33-34(3)25(15)26(36)32-22-8-11-35(14-20(22)17-4-6-19(29)7-5-17)27(37)18-12-21(28)24-23(13-18)30-9-10-31-24/h4-7,9-10,12-13,20,22H,8,11,14H2,1-3H3,(H,32,36)/t20-,22-/m1/s1. The number of aromatic nitrogens is 4. The highest BCUT2D eigenvalue weighted by Crippen LogP contribution is 2.30. The zero-order valence-electron chi connectivity index (χ0n) is 20.7. The van der Waals surface area contributed by atoms with Gasteiger partial charge >= 0.3 is 0 Å². The summed E-state index contributed by atoms with van der Waals surface area (Å²) in [7, 11) is 1.74. The van der Waals surface area contributed by atoms with E-state index in [0.29, 0.717) is 46.8 Å². The molecule has 5 rings (SSSR count). The van der Waals surface area contributed by atoms with Crippen LogP contribution in [0.25, 0.3) is 11.0 Å². The molecule has 0 radical (unpaired) electrons. The molecule has 0 spiro atoms. The van der Waals surface area contributed by atoms with Crippen LogP contribution in [-0.2, 0) is 7.05 Å². The fraction of sp³-hybridized carbons (Fsp3) is 0.296. The molecule has 0 aliphatic carbocycles. The Bertz CT molecular complexity index is 1500. The van der Waals surface area contributed by atoms with Crippen LogP contribution in [0.15, 0.2) is 48.8 Å². The highest BCUT2D eigenvalue weighted by atomic mass is 35.5. The van der Waals surface area contributed by atoms with Crippen molar-refractivity contribution in [2.45, 2.75) is 32.2 Å². The first-order valence-corrected chi connectivity index (χ1v) is 12.4. The zero-order valence-corrected chi connectivity index (χ0v) is 21.5. The van der Waals surface area contributed by atoms with E-state index in [0.717, 1.165) is 16.8 Å². The molecular weight excluding hydrogens is 495 g/mol. The molecular formula is C27H26ClFN6O2. The van der Waals surface area contributed by atoms with E-state index < -0.39 is 0 Å². The van der Waals surface area contributed by atoms with E-state index >= 15 is 0 Å². The first-order chi connectivity index (χ1) is 17.7. The summed E-state index contributed by atoms with van der Waals surface area (Å²) in [5.74, 6) is -1.00. The summed E-state index contributed by atoms with van der Waals surface area (Å²) in [5, 5.41) is 7.86. The average molecular weight is 521 g/mol. The first kappa shape index (κ1) is 24.8. The molecule has 4 aromatic rings. The second kappa shape index (κ2) is 9.89. The van der Waals surface area contributed by atoms with Crippen LogP contribution in [0.3, 0.4) is 0 Å². The second-order valence-electron chi connectivity index (χ2n) is 9.34. The van der Waals surface area contributed by atoms with Crippen molar-refractivity contribution >= 4 is 34.4 Å². The third-order valence-corrected chi connectivity index (χ3v) is 7.31. The predicted molar refractivity (Wildman–Crippen MR) is 138 cm³/mol. The van der Waals surface area contributed by atoms with Crippen molar-refractivity contribution in [2.75, 3.05) is 13.1 Å². The number of hydrogen-bond donors (Lipinski definition) is 1. The minimum atomic E-state index is -0.346. The van der Waals surface area contributed by atoms with Gasteiger partial charge in [-0.3, -0.25) is 24.2 Å². The molecule has 2 amide bonds. The number of nitrogens with one attached hydrogen (secondary N) is 1. The predicted octanol–water partition coefficient (Wildman–Crippen LogP) is 4.20. The van der Waals surface area contributed by atoms with Crippen LogP contribution in [0.5, 0.6) is 0 Å². The maximum atomic E-state index is 13.7. The topological polar surface area (TPSA) is 93.0 Å². The highest BCUT2D eigenvalue weighted by Gasteiger charge is 2.35. The van der Waals surface area contributed by atoms with Crippen LogP contribution in [0, 0.1) is 19.7 Å². The molecule has 3 heterocycles. The summed E-state index contributed by atoms with van der Waals surface area (Å²) in [6.07, 6.45) is 3.63. The SMILES string of the molecule is Cc1nn(C)c(C(=O)N[C@@H]2CCN(C(=O)c3cc(Cl)c4nccnc4c3)C[C@@H]2c2ccc(F)cc2)c1C. The maximum absolute atomic E-state index is 13.7. The van der Waals surface area contributed by atoms with Crippen LogP contribution in [0.4, 0.5) is 4.39 Å². The number of piperidine rings is 1. The first-order valence-electron chi connectivity index (χ1n) is 12.0. The molecule has 2 atom stereocenters. The smallest absolute Gasteiger partial charge is 0.270 e. The molecule has 1 N–H and O–H groups in total. The van der Waals surface area contributed by atoms with Crippen molar-refractivity contribution in [3.8, 4) is 0 Å². The summed E-state index contributed by atoms with van der Waals surface area (Å²) >= 11 is 6.39. The van der Waals surface area contributed by atoms with Crippen LogP contribution >= 0.6 is 11.6 Å². The number of benzene rings is 2. The largest absolute Gasteiger partial charge is 0.347 e. The van der Waals surface area contributed by atoms with E-state index in [4.69, 9.17) is 11.6 Å². The van der Waals surface area contributed by atoms with Gasteiger partial charge < -0.3 is 10.2 Å². The highest BCUT2D eigenvalue weighted by molar-refractivity contribution is 6.35. The molecule has 0 unspecified atom stereocenters. The Labute approximate surface area is 218 Å². The van der Waals surface area contributed by atoms with Crippen molar-refractivity contribution in [3.63, 3.8) is 0 Å². The van der Waals surface area contributed by atoms with Crippen LogP contribution < -0.4 is 5.32 Å². The molecule has 190 valence electrons. The van der Waals surface area contributed by atoms with E-state index in [1.807, 2.05) is 13.8 Å². The lowest BCUT2D eigenvalue weighted by Crippen LogP contribution is -2.51. The van der Waals surface area contributed by atoms with Gasteiger partial charge in [-0.1, -0.05) is 23.7 Å². The lowest BCUT2D eigenvalue weighted by molar-refractivity contribution is 0.0671. The van der Waals surface area contributed by atoms with Gasteiger partial charge in [-0.15, -0.1) is 0 Å². The van der Waals surface area contributed by atoms with Crippen molar-refractivity contribution < 1.29 is 14.0 Å². The van der Waals surface area contributed by atoms with Crippen LogP contribution in [-0.4, -0.2) is 55.6 Å². The van der Waals surface area contributed by atoms with Gasteiger partial charge in [-0.25, -0.2) is 4.39 Å². The fourth-order valence-corrected chi connectivity index (χ4v) is 5.28. The van der Waals surface area contributed by atoms with Gasteiger partial charge in [0, 0.05) is 55.6 Å². The third-order valence-electron chi connectivity index (χ3n) is 7.03. The summed E-state index contributed by atoms with van der Waals surface area (Å²) in [6.45, 7) is 4.51. The van der Waals surface area contributed by atoms with E-state index in [1.54, 1.807) is 53.3 Å². The molecule has 0 saturated carbocycles. The Morgan fingerprint density at radius 3 is 2.54 bits per heavy atom. The summed E-state index contributed by atoms with van der Waals surface area (Å²) in [4.78, 5) is 37.0. The summed E-state index contributed by atoms with van der Waals surface area (Å²) in [6, 6.07) is 9.23. The van der Waals surface area contributed by atoms with Crippen LogP contribution in [0.1, 0.15) is 50.0 Å². The van der Waals surface area contributed by atoms with Gasteiger partial charge in [-0.2, -0.15) is 5.10 Å².